The smallest absolute Gasteiger partial charge is 0.149 e. The third-order valence-electron chi connectivity index (χ3n) is 2.73. The van der Waals surface area contributed by atoms with Gasteiger partial charge < -0.3 is 9.67 Å². The van der Waals surface area contributed by atoms with Crippen molar-refractivity contribution in [3.05, 3.63) is 30.1 Å². The van der Waals surface area contributed by atoms with E-state index in [1.54, 1.807) is 13.1 Å². The second-order valence-electron chi connectivity index (χ2n) is 4.16. The minimum atomic E-state index is 0.122. The number of carbonyl (C=O) groups is 1. The highest BCUT2D eigenvalue weighted by Gasteiger charge is 2.10. The number of nitrogens with zero attached hydrogens (tertiary/aromatic N) is 2. The summed E-state index contributed by atoms with van der Waals surface area (Å²) >= 11 is 0. The van der Waals surface area contributed by atoms with Crippen molar-refractivity contribution in [2.24, 2.45) is 0 Å². The Kier molecular flexibility index (Phi) is 3.54. The lowest BCUT2D eigenvalue weighted by Crippen LogP contribution is -2.09. The molecule has 0 bridgehead atoms. The van der Waals surface area contributed by atoms with Gasteiger partial charge in [0.25, 0.3) is 0 Å². The van der Waals surface area contributed by atoms with Crippen LogP contribution in [0.25, 0.3) is 11.0 Å². The maximum Gasteiger partial charge on any atom is 0.149 e. The molecule has 0 radical (unpaired) electrons. The van der Waals surface area contributed by atoms with Gasteiger partial charge in [-0.05, 0) is 38.0 Å². The molecule has 0 aliphatic heterocycles. The molecule has 0 unspecified atom stereocenters. The van der Waals surface area contributed by atoms with Crippen LogP contribution in [0.1, 0.15) is 19.0 Å². The van der Waals surface area contributed by atoms with Gasteiger partial charge >= 0.3 is 0 Å². The summed E-state index contributed by atoms with van der Waals surface area (Å²) in [6.07, 6.45) is 3.21. The van der Waals surface area contributed by atoms with E-state index in [4.69, 9.17) is 5.11 Å². The van der Waals surface area contributed by atoms with Crippen molar-refractivity contribution in [1.82, 2.24) is 9.55 Å². The number of carbonyl (C=O) groups excluding carboxylic acids is 1. The van der Waals surface area contributed by atoms with Gasteiger partial charge in [0.15, 0.2) is 0 Å². The molecule has 0 fully saturated rings. The first-order valence-electron chi connectivity index (χ1n) is 5.76. The number of aryl methyl sites for hydroxylation is 1. The standard InChI is InChI=1S/C13H16N2O2/c1-10(17)9-15-11(4-3-7-16)8-12-13(15)5-2-6-14-12/h2,5-6,8,16H,3-4,7,9H2,1H3. The first-order chi connectivity index (χ1) is 8.22. The third-order valence-corrected chi connectivity index (χ3v) is 2.73. The topological polar surface area (TPSA) is 55.1 Å². The summed E-state index contributed by atoms with van der Waals surface area (Å²) in [6, 6.07) is 5.83. The van der Waals surface area contributed by atoms with Crippen LogP contribution in [-0.2, 0) is 17.8 Å². The van der Waals surface area contributed by atoms with Crippen LogP contribution in [0.2, 0.25) is 0 Å². The van der Waals surface area contributed by atoms with Crippen LogP contribution < -0.4 is 0 Å². The van der Waals surface area contributed by atoms with Crippen LogP contribution in [-0.4, -0.2) is 27.0 Å². The molecule has 0 atom stereocenters. The fraction of sp³-hybridized carbons (Fsp3) is 0.385. The molecule has 0 saturated carbocycles. The number of aliphatic hydroxyl groups excluding tert-OH is 1. The Morgan fingerprint density at radius 2 is 2.35 bits per heavy atom. The van der Waals surface area contributed by atoms with Gasteiger partial charge in [-0.1, -0.05) is 0 Å². The fourth-order valence-corrected chi connectivity index (χ4v) is 2.02. The molecule has 4 heteroatoms. The van der Waals surface area contributed by atoms with Gasteiger partial charge in [-0.3, -0.25) is 9.78 Å². The number of Topliss-reactive ketones (excluding diaryl/α,β-unsaturated/α-hetero) is 1. The molecule has 0 aliphatic carbocycles. The van der Waals surface area contributed by atoms with E-state index in [2.05, 4.69) is 4.98 Å². The molecule has 90 valence electrons. The SMILES string of the molecule is CC(=O)Cn1c(CCCO)cc2ncccc21. The normalized spacial score (nSPS) is 10.9. The number of pyridine rings is 1. The number of fused-ring (bicyclic) bond motifs is 1. The highest BCUT2D eigenvalue weighted by atomic mass is 16.2. The molecule has 1 N–H and O–H groups in total. The maximum atomic E-state index is 11.3. The van der Waals surface area contributed by atoms with Crippen molar-refractivity contribution < 1.29 is 9.90 Å². The summed E-state index contributed by atoms with van der Waals surface area (Å²) in [4.78, 5) is 15.6. The van der Waals surface area contributed by atoms with Crippen LogP contribution in [0.4, 0.5) is 0 Å². The quantitative estimate of drug-likeness (QED) is 0.851. The molecule has 2 heterocycles. The Morgan fingerprint density at radius 1 is 1.53 bits per heavy atom. The van der Waals surface area contributed by atoms with E-state index < -0.39 is 0 Å². The van der Waals surface area contributed by atoms with Gasteiger partial charge in [-0.15, -0.1) is 0 Å². The highest BCUT2D eigenvalue weighted by molar-refractivity contribution is 5.81. The zero-order valence-electron chi connectivity index (χ0n) is 9.89. The second-order valence-corrected chi connectivity index (χ2v) is 4.16. The minimum Gasteiger partial charge on any atom is -0.396 e. The van der Waals surface area contributed by atoms with Crippen molar-refractivity contribution in [3.63, 3.8) is 0 Å². The first kappa shape index (κ1) is 11.8. The molecular formula is C13H16N2O2. The summed E-state index contributed by atoms with van der Waals surface area (Å²) < 4.78 is 1.99. The zero-order valence-corrected chi connectivity index (χ0v) is 9.89. The maximum absolute atomic E-state index is 11.3. The van der Waals surface area contributed by atoms with E-state index in [1.165, 1.54) is 0 Å². The molecule has 2 rings (SSSR count). The van der Waals surface area contributed by atoms with Crippen LogP contribution in [0.3, 0.4) is 0 Å². The van der Waals surface area contributed by atoms with Crippen LogP contribution in [0.15, 0.2) is 24.4 Å². The number of hydrogen-bond donors (Lipinski definition) is 1. The molecule has 17 heavy (non-hydrogen) atoms. The summed E-state index contributed by atoms with van der Waals surface area (Å²) in [5.74, 6) is 0.122. The second kappa shape index (κ2) is 5.10. The molecule has 0 aromatic carbocycles. The predicted molar refractivity (Wildman–Crippen MR) is 65.8 cm³/mol. The predicted octanol–water partition coefficient (Wildman–Crippen LogP) is 1.55. The fourth-order valence-electron chi connectivity index (χ4n) is 2.02. The van der Waals surface area contributed by atoms with E-state index >= 15 is 0 Å². The molecule has 0 aliphatic rings. The van der Waals surface area contributed by atoms with E-state index in [1.807, 2.05) is 22.8 Å². The lowest BCUT2D eigenvalue weighted by atomic mass is 10.2. The Balaban J connectivity index is 2.44. The van der Waals surface area contributed by atoms with Crippen LogP contribution >= 0.6 is 0 Å². The Labute approximate surface area is 99.9 Å². The van der Waals surface area contributed by atoms with Gasteiger partial charge in [0.2, 0.25) is 0 Å². The summed E-state index contributed by atoms with van der Waals surface area (Å²) in [5, 5.41) is 8.88. The number of rotatable bonds is 5. The van der Waals surface area contributed by atoms with Crippen molar-refractivity contribution >= 4 is 16.8 Å². The average Bonchev–Trinajstić information content (AvgIpc) is 2.64. The van der Waals surface area contributed by atoms with E-state index in [9.17, 15) is 4.79 Å². The summed E-state index contributed by atoms with van der Waals surface area (Å²) in [6.45, 7) is 2.11. The Hall–Kier alpha value is -1.68. The lowest BCUT2D eigenvalue weighted by molar-refractivity contribution is -0.117. The van der Waals surface area contributed by atoms with E-state index in [0.29, 0.717) is 13.0 Å². The molecular weight excluding hydrogens is 216 g/mol. The molecule has 0 amide bonds. The van der Waals surface area contributed by atoms with Gasteiger partial charge in [-0.25, -0.2) is 0 Å². The molecule has 2 aromatic rings. The number of hydrogen-bond acceptors (Lipinski definition) is 3. The number of aliphatic hydroxyl groups is 1. The van der Waals surface area contributed by atoms with Crippen molar-refractivity contribution in [1.29, 1.82) is 0 Å². The van der Waals surface area contributed by atoms with Gasteiger partial charge in [-0.2, -0.15) is 0 Å². The molecule has 2 aromatic heterocycles. The van der Waals surface area contributed by atoms with Crippen molar-refractivity contribution in [3.8, 4) is 0 Å². The summed E-state index contributed by atoms with van der Waals surface area (Å²) in [7, 11) is 0. The number of aromatic nitrogens is 2. The summed E-state index contributed by atoms with van der Waals surface area (Å²) in [5.41, 5.74) is 2.94. The largest absolute Gasteiger partial charge is 0.396 e. The third kappa shape index (κ3) is 2.53. The minimum absolute atomic E-state index is 0.122. The van der Waals surface area contributed by atoms with Crippen molar-refractivity contribution in [2.75, 3.05) is 6.61 Å². The van der Waals surface area contributed by atoms with Gasteiger partial charge in [0.1, 0.15) is 5.78 Å². The van der Waals surface area contributed by atoms with Crippen LogP contribution in [0.5, 0.6) is 0 Å². The highest BCUT2D eigenvalue weighted by Crippen LogP contribution is 2.18. The monoisotopic (exact) mass is 232 g/mol. The Morgan fingerprint density at radius 3 is 3.06 bits per heavy atom. The Bertz CT molecular complexity index is 531. The molecule has 0 spiro atoms. The van der Waals surface area contributed by atoms with Gasteiger partial charge in [0.05, 0.1) is 17.6 Å². The lowest BCUT2D eigenvalue weighted by Gasteiger charge is -2.07. The number of ketones is 1. The van der Waals surface area contributed by atoms with Gasteiger partial charge in [0, 0.05) is 18.5 Å². The van der Waals surface area contributed by atoms with E-state index in [0.717, 1.165) is 23.1 Å². The zero-order chi connectivity index (χ0) is 12.3. The average molecular weight is 232 g/mol. The van der Waals surface area contributed by atoms with Crippen LogP contribution in [0, 0.1) is 0 Å². The van der Waals surface area contributed by atoms with Crippen molar-refractivity contribution in [2.45, 2.75) is 26.3 Å². The molecule has 0 saturated heterocycles. The first-order valence-corrected chi connectivity index (χ1v) is 5.76. The van der Waals surface area contributed by atoms with E-state index in [-0.39, 0.29) is 12.4 Å². The molecule has 4 nitrogen and oxygen atoms in total.